The molecule has 0 aliphatic carbocycles. The van der Waals surface area contributed by atoms with E-state index in [1.54, 1.807) is 25.3 Å². The second-order valence-corrected chi connectivity index (χ2v) is 6.57. The lowest BCUT2D eigenvalue weighted by atomic mass is 10.1. The van der Waals surface area contributed by atoms with Crippen molar-refractivity contribution in [2.75, 3.05) is 25.3 Å². The minimum Gasteiger partial charge on any atom is -0.497 e. The number of nitrogens with zero attached hydrogens (tertiary/aromatic N) is 2. The third-order valence-electron chi connectivity index (χ3n) is 3.71. The molecular formula is C19H19N3O4S. The highest BCUT2D eigenvalue weighted by Gasteiger charge is 2.13. The van der Waals surface area contributed by atoms with Gasteiger partial charge in [0.1, 0.15) is 11.5 Å². The Balaban J connectivity index is 1.59. The van der Waals surface area contributed by atoms with Crippen LogP contribution in [-0.2, 0) is 4.79 Å². The number of aromatic nitrogens is 2. The van der Waals surface area contributed by atoms with Crippen molar-refractivity contribution in [3.63, 3.8) is 0 Å². The van der Waals surface area contributed by atoms with Crippen molar-refractivity contribution in [3.8, 4) is 23.0 Å². The fourth-order valence-corrected chi connectivity index (χ4v) is 2.86. The molecule has 0 saturated carbocycles. The number of anilines is 1. The number of carbonyl (C=O) groups excluding carboxylic acids is 1. The predicted octanol–water partition coefficient (Wildman–Crippen LogP) is 3.79. The highest BCUT2D eigenvalue weighted by molar-refractivity contribution is 7.99. The first-order valence-corrected chi connectivity index (χ1v) is 9.13. The summed E-state index contributed by atoms with van der Waals surface area (Å²) >= 11 is 1.17. The molecule has 0 saturated heterocycles. The number of aryl methyl sites for hydroxylation is 1. The van der Waals surface area contributed by atoms with E-state index >= 15 is 0 Å². The first-order valence-electron chi connectivity index (χ1n) is 8.14. The van der Waals surface area contributed by atoms with Crippen LogP contribution in [0, 0.1) is 6.92 Å². The minimum atomic E-state index is -0.210. The van der Waals surface area contributed by atoms with Gasteiger partial charge in [-0.2, -0.15) is 0 Å². The Bertz CT molecular complexity index is 925. The summed E-state index contributed by atoms with van der Waals surface area (Å²) < 4.78 is 16.0. The maximum absolute atomic E-state index is 12.2. The number of ether oxygens (including phenoxy) is 2. The molecule has 8 heteroatoms. The molecule has 27 heavy (non-hydrogen) atoms. The van der Waals surface area contributed by atoms with Crippen LogP contribution in [-0.4, -0.2) is 36.1 Å². The molecule has 0 radical (unpaired) electrons. The normalized spacial score (nSPS) is 10.5. The molecule has 0 atom stereocenters. The Morgan fingerprint density at radius 1 is 1.11 bits per heavy atom. The van der Waals surface area contributed by atoms with Crippen molar-refractivity contribution < 1.29 is 18.7 Å². The molecular weight excluding hydrogens is 366 g/mol. The van der Waals surface area contributed by atoms with E-state index < -0.39 is 0 Å². The van der Waals surface area contributed by atoms with Crippen LogP contribution in [0.4, 0.5) is 5.69 Å². The molecule has 140 valence electrons. The van der Waals surface area contributed by atoms with Crippen molar-refractivity contribution >= 4 is 23.4 Å². The maximum Gasteiger partial charge on any atom is 0.277 e. The Morgan fingerprint density at radius 2 is 1.89 bits per heavy atom. The third kappa shape index (κ3) is 4.79. The lowest BCUT2D eigenvalue weighted by molar-refractivity contribution is -0.113. The predicted molar refractivity (Wildman–Crippen MR) is 103 cm³/mol. The summed E-state index contributed by atoms with van der Waals surface area (Å²) in [6, 6.07) is 13.0. The lowest BCUT2D eigenvalue weighted by Crippen LogP contribution is -2.14. The standard InChI is InChI=1S/C19H19N3O4S/c1-12-4-6-13(7-5-12)18-21-22-19(26-18)27-11-17(23)20-15-9-8-14(24-2)10-16(15)25-3/h4-10H,11H2,1-3H3,(H,20,23). The van der Waals surface area contributed by atoms with Crippen LogP contribution in [0.15, 0.2) is 52.1 Å². The smallest absolute Gasteiger partial charge is 0.277 e. The van der Waals surface area contributed by atoms with Crippen molar-refractivity contribution in [3.05, 3.63) is 48.0 Å². The van der Waals surface area contributed by atoms with Gasteiger partial charge in [-0.25, -0.2) is 0 Å². The van der Waals surface area contributed by atoms with Gasteiger partial charge in [-0.15, -0.1) is 10.2 Å². The number of amides is 1. The fraction of sp³-hybridized carbons (Fsp3) is 0.211. The Kier molecular flexibility index (Phi) is 5.97. The number of rotatable bonds is 7. The molecule has 0 spiro atoms. The zero-order valence-electron chi connectivity index (χ0n) is 15.2. The van der Waals surface area contributed by atoms with Crippen LogP contribution in [0.2, 0.25) is 0 Å². The van der Waals surface area contributed by atoms with Crippen LogP contribution in [0.5, 0.6) is 11.5 Å². The molecule has 0 unspecified atom stereocenters. The van der Waals surface area contributed by atoms with Gasteiger partial charge in [0.15, 0.2) is 0 Å². The van der Waals surface area contributed by atoms with Crippen LogP contribution >= 0.6 is 11.8 Å². The average Bonchev–Trinajstić information content (AvgIpc) is 3.16. The summed E-state index contributed by atoms with van der Waals surface area (Å²) in [6.07, 6.45) is 0. The van der Waals surface area contributed by atoms with Gasteiger partial charge in [0.05, 0.1) is 25.7 Å². The first-order chi connectivity index (χ1) is 13.1. The topological polar surface area (TPSA) is 86.5 Å². The van der Waals surface area contributed by atoms with Crippen molar-refractivity contribution in [2.45, 2.75) is 12.1 Å². The molecule has 1 heterocycles. The second kappa shape index (κ2) is 8.59. The van der Waals surface area contributed by atoms with Gasteiger partial charge in [0.25, 0.3) is 5.22 Å². The van der Waals surface area contributed by atoms with Gasteiger partial charge in [0, 0.05) is 11.6 Å². The molecule has 2 aromatic carbocycles. The lowest BCUT2D eigenvalue weighted by Gasteiger charge is -2.11. The molecule has 1 amide bonds. The number of methoxy groups -OCH3 is 2. The molecule has 0 aliphatic rings. The maximum atomic E-state index is 12.2. The molecule has 1 aromatic heterocycles. The summed E-state index contributed by atoms with van der Waals surface area (Å²) in [6.45, 7) is 2.01. The van der Waals surface area contributed by atoms with Gasteiger partial charge >= 0.3 is 0 Å². The Hall–Kier alpha value is -3.00. The van der Waals surface area contributed by atoms with E-state index in [2.05, 4.69) is 15.5 Å². The SMILES string of the molecule is COc1ccc(NC(=O)CSc2nnc(-c3ccc(C)cc3)o2)c(OC)c1. The van der Waals surface area contributed by atoms with Crippen molar-refractivity contribution in [1.82, 2.24) is 10.2 Å². The van der Waals surface area contributed by atoms with Gasteiger partial charge in [-0.05, 0) is 31.2 Å². The quantitative estimate of drug-likeness (QED) is 0.619. The molecule has 7 nitrogen and oxygen atoms in total. The number of nitrogens with one attached hydrogen (secondary N) is 1. The Labute approximate surface area is 161 Å². The van der Waals surface area contributed by atoms with E-state index in [0.29, 0.717) is 28.3 Å². The van der Waals surface area contributed by atoms with Gasteiger partial charge in [0.2, 0.25) is 11.8 Å². The zero-order valence-corrected chi connectivity index (χ0v) is 16.0. The molecule has 3 rings (SSSR count). The van der Waals surface area contributed by atoms with E-state index in [1.165, 1.54) is 18.9 Å². The number of hydrogen-bond acceptors (Lipinski definition) is 7. The van der Waals surface area contributed by atoms with E-state index in [0.717, 1.165) is 11.1 Å². The minimum absolute atomic E-state index is 0.130. The molecule has 3 aromatic rings. The van der Waals surface area contributed by atoms with Crippen LogP contribution < -0.4 is 14.8 Å². The largest absolute Gasteiger partial charge is 0.497 e. The van der Waals surface area contributed by atoms with Gasteiger partial charge < -0.3 is 19.2 Å². The van der Waals surface area contributed by atoms with Gasteiger partial charge in [-0.1, -0.05) is 29.5 Å². The third-order valence-corrected chi connectivity index (χ3v) is 4.53. The number of hydrogen-bond donors (Lipinski definition) is 1. The highest BCUT2D eigenvalue weighted by Crippen LogP contribution is 2.29. The summed E-state index contributed by atoms with van der Waals surface area (Å²) in [5, 5.41) is 11.1. The van der Waals surface area contributed by atoms with Crippen molar-refractivity contribution in [2.24, 2.45) is 0 Å². The average molecular weight is 385 g/mol. The summed E-state index contributed by atoms with van der Waals surface area (Å²) in [7, 11) is 3.10. The first kappa shape index (κ1) is 18.8. The van der Waals surface area contributed by atoms with Crippen LogP contribution in [0.3, 0.4) is 0 Å². The molecule has 0 aliphatic heterocycles. The highest BCUT2D eigenvalue weighted by atomic mass is 32.2. The summed E-state index contributed by atoms with van der Waals surface area (Å²) in [5.74, 6) is 1.51. The van der Waals surface area contributed by atoms with Crippen LogP contribution in [0.1, 0.15) is 5.56 Å². The van der Waals surface area contributed by atoms with E-state index in [1.807, 2.05) is 31.2 Å². The fourth-order valence-electron chi connectivity index (χ4n) is 2.30. The molecule has 1 N–H and O–H groups in total. The van der Waals surface area contributed by atoms with E-state index in [4.69, 9.17) is 13.9 Å². The van der Waals surface area contributed by atoms with E-state index in [-0.39, 0.29) is 11.7 Å². The van der Waals surface area contributed by atoms with E-state index in [9.17, 15) is 4.79 Å². The van der Waals surface area contributed by atoms with Gasteiger partial charge in [-0.3, -0.25) is 4.79 Å². The van der Waals surface area contributed by atoms with Crippen LogP contribution in [0.25, 0.3) is 11.5 Å². The van der Waals surface area contributed by atoms with Crippen molar-refractivity contribution in [1.29, 1.82) is 0 Å². The summed E-state index contributed by atoms with van der Waals surface area (Å²) in [5.41, 5.74) is 2.56. The number of benzene rings is 2. The molecule has 0 bridgehead atoms. The number of thioether (sulfide) groups is 1. The Morgan fingerprint density at radius 3 is 2.59 bits per heavy atom. The second-order valence-electron chi connectivity index (χ2n) is 5.64. The zero-order chi connectivity index (χ0) is 19.2. The monoisotopic (exact) mass is 385 g/mol. The number of carbonyl (C=O) groups is 1. The molecule has 0 fully saturated rings. The summed E-state index contributed by atoms with van der Waals surface area (Å²) in [4.78, 5) is 12.2.